The third-order valence-corrected chi connectivity index (χ3v) is 7.48. The van der Waals surface area contributed by atoms with E-state index in [2.05, 4.69) is 10.4 Å². The first-order valence-electron chi connectivity index (χ1n) is 11.4. The lowest BCUT2D eigenvalue weighted by atomic mass is 9.77. The van der Waals surface area contributed by atoms with E-state index < -0.39 is 6.10 Å². The molecule has 1 aromatic carbocycles. The van der Waals surface area contributed by atoms with Crippen molar-refractivity contribution in [2.45, 2.75) is 51.2 Å². The maximum absolute atomic E-state index is 13.3. The number of benzene rings is 1. The summed E-state index contributed by atoms with van der Waals surface area (Å²) in [5, 5.41) is 18.0. The highest BCUT2D eigenvalue weighted by Gasteiger charge is 2.43. The van der Waals surface area contributed by atoms with Gasteiger partial charge in [0.05, 0.1) is 12.1 Å². The number of nitrogens with one attached hydrogen (secondary N) is 1. The quantitative estimate of drug-likeness (QED) is 0.793. The number of nitrogens with zero attached hydrogens (tertiary/aromatic N) is 3. The van der Waals surface area contributed by atoms with Gasteiger partial charge in [0.15, 0.2) is 0 Å². The Bertz CT molecular complexity index is 969. The summed E-state index contributed by atoms with van der Waals surface area (Å²) in [5.74, 6) is 0.844. The number of carbonyl (C=O) groups excluding carboxylic acids is 2. The zero-order chi connectivity index (χ0) is 21.5. The minimum Gasteiger partial charge on any atom is -0.391 e. The topological polar surface area (TPSA) is 87.5 Å². The highest BCUT2D eigenvalue weighted by molar-refractivity contribution is 5.98. The summed E-state index contributed by atoms with van der Waals surface area (Å²) in [6, 6.07) is 7.42. The molecule has 5 rings (SSSR count). The molecule has 7 nitrogen and oxygen atoms in total. The van der Waals surface area contributed by atoms with Crippen LogP contribution in [0.5, 0.6) is 0 Å². The van der Waals surface area contributed by atoms with E-state index in [1.807, 2.05) is 47.0 Å². The second-order valence-corrected chi connectivity index (χ2v) is 9.47. The van der Waals surface area contributed by atoms with Gasteiger partial charge in [0, 0.05) is 42.7 Å². The van der Waals surface area contributed by atoms with Crippen molar-refractivity contribution in [3.8, 4) is 0 Å². The Hall–Kier alpha value is -2.67. The fourth-order valence-corrected chi connectivity index (χ4v) is 5.31. The van der Waals surface area contributed by atoms with Crippen molar-refractivity contribution in [3.63, 3.8) is 0 Å². The summed E-state index contributed by atoms with van der Waals surface area (Å²) in [5.41, 5.74) is 2.30. The molecule has 1 saturated heterocycles. The molecule has 1 aromatic heterocycles. The number of likely N-dealkylation sites (tertiary alicyclic amines) is 1. The van der Waals surface area contributed by atoms with Gasteiger partial charge in [-0.05, 0) is 68.2 Å². The average Bonchev–Trinajstić information content (AvgIpc) is 3.36. The van der Waals surface area contributed by atoms with Gasteiger partial charge in [0.25, 0.3) is 5.91 Å². The molecular formula is C24H30N4O3. The first-order chi connectivity index (χ1) is 15.0. The zero-order valence-corrected chi connectivity index (χ0v) is 17.9. The first-order valence-corrected chi connectivity index (χ1v) is 11.4. The molecule has 1 aliphatic heterocycles. The molecular weight excluding hydrogens is 392 g/mol. The van der Waals surface area contributed by atoms with Crippen LogP contribution in [-0.2, 0) is 4.79 Å². The summed E-state index contributed by atoms with van der Waals surface area (Å²) in [7, 11) is 0. The van der Waals surface area contributed by atoms with E-state index in [0.29, 0.717) is 36.9 Å². The van der Waals surface area contributed by atoms with Gasteiger partial charge in [0.1, 0.15) is 0 Å². The van der Waals surface area contributed by atoms with Crippen LogP contribution in [0, 0.1) is 24.7 Å². The Morgan fingerprint density at radius 1 is 1.16 bits per heavy atom. The van der Waals surface area contributed by atoms with E-state index in [1.165, 1.54) is 0 Å². The highest BCUT2D eigenvalue weighted by atomic mass is 16.3. The van der Waals surface area contributed by atoms with Gasteiger partial charge in [-0.2, -0.15) is 5.10 Å². The number of carbonyl (C=O) groups is 2. The SMILES string of the molecule is Cc1ccc(C(=O)N2C[C@H]3C[C@@H](n4cccn4)[C@H](O)C[C@H]3C2)cc1NC(=O)C1CCC1. The largest absolute Gasteiger partial charge is 0.391 e. The molecule has 4 atom stereocenters. The molecule has 0 radical (unpaired) electrons. The first kappa shape index (κ1) is 20.2. The molecule has 3 fully saturated rings. The molecule has 2 saturated carbocycles. The Labute approximate surface area is 182 Å². The van der Waals surface area contributed by atoms with Crippen LogP contribution in [0.1, 0.15) is 54.1 Å². The van der Waals surface area contributed by atoms with Gasteiger partial charge >= 0.3 is 0 Å². The summed E-state index contributed by atoms with van der Waals surface area (Å²) in [6.07, 6.45) is 7.73. The lowest BCUT2D eigenvalue weighted by Gasteiger charge is -2.35. The number of hydrogen-bond donors (Lipinski definition) is 2. The average molecular weight is 423 g/mol. The van der Waals surface area contributed by atoms with Crippen LogP contribution < -0.4 is 5.32 Å². The predicted octanol–water partition coefficient (Wildman–Crippen LogP) is 3.01. The number of anilines is 1. The van der Waals surface area contributed by atoms with Gasteiger partial charge in [-0.15, -0.1) is 0 Å². The van der Waals surface area contributed by atoms with Crippen molar-refractivity contribution in [2.24, 2.45) is 17.8 Å². The molecule has 0 bridgehead atoms. The van der Waals surface area contributed by atoms with E-state index in [4.69, 9.17) is 0 Å². The van der Waals surface area contributed by atoms with Crippen molar-refractivity contribution in [2.75, 3.05) is 18.4 Å². The van der Waals surface area contributed by atoms with Crippen molar-refractivity contribution >= 4 is 17.5 Å². The summed E-state index contributed by atoms with van der Waals surface area (Å²) >= 11 is 0. The molecule has 0 unspecified atom stereocenters. The molecule has 2 heterocycles. The van der Waals surface area contributed by atoms with E-state index in [0.717, 1.165) is 36.9 Å². The normalized spacial score (nSPS) is 28.1. The number of rotatable bonds is 4. The molecule has 2 N–H and O–H groups in total. The Morgan fingerprint density at radius 3 is 2.61 bits per heavy atom. The Balaban J connectivity index is 1.28. The molecule has 2 amide bonds. The number of fused-ring (bicyclic) bond motifs is 1. The van der Waals surface area contributed by atoms with E-state index in [1.54, 1.807) is 6.20 Å². The van der Waals surface area contributed by atoms with Crippen LogP contribution in [0.25, 0.3) is 0 Å². The molecule has 31 heavy (non-hydrogen) atoms. The third kappa shape index (κ3) is 3.87. The van der Waals surface area contributed by atoms with E-state index in [9.17, 15) is 14.7 Å². The minimum atomic E-state index is -0.441. The molecule has 2 aliphatic carbocycles. The monoisotopic (exact) mass is 422 g/mol. The fraction of sp³-hybridized carbons (Fsp3) is 0.542. The number of aryl methyl sites for hydroxylation is 1. The van der Waals surface area contributed by atoms with Crippen LogP contribution in [0.4, 0.5) is 5.69 Å². The van der Waals surface area contributed by atoms with E-state index >= 15 is 0 Å². The number of hydrogen-bond acceptors (Lipinski definition) is 4. The highest BCUT2D eigenvalue weighted by Crippen LogP contribution is 2.41. The lowest BCUT2D eigenvalue weighted by molar-refractivity contribution is -0.122. The van der Waals surface area contributed by atoms with Crippen molar-refractivity contribution in [1.29, 1.82) is 0 Å². The zero-order valence-electron chi connectivity index (χ0n) is 17.9. The number of amides is 2. The van der Waals surface area contributed by atoms with Crippen LogP contribution in [-0.4, -0.2) is 50.8 Å². The number of aliphatic hydroxyl groups is 1. The number of aliphatic hydroxyl groups excluding tert-OH is 1. The second kappa shape index (κ2) is 8.11. The van der Waals surface area contributed by atoms with Crippen molar-refractivity contribution < 1.29 is 14.7 Å². The summed E-state index contributed by atoms with van der Waals surface area (Å²) in [4.78, 5) is 27.6. The Morgan fingerprint density at radius 2 is 1.94 bits per heavy atom. The molecule has 164 valence electrons. The molecule has 2 aromatic rings. The van der Waals surface area contributed by atoms with E-state index in [-0.39, 0.29) is 23.8 Å². The van der Waals surface area contributed by atoms with Crippen LogP contribution >= 0.6 is 0 Å². The van der Waals surface area contributed by atoms with Gasteiger partial charge < -0.3 is 15.3 Å². The summed E-state index contributed by atoms with van der Waals surface area (Å²) in [6.45, 7) is 3.32. The molecule has 3 aliphatic rings. The van der Waals surface area contributed by atoms with Gasteiger partial charge in [-0.3, -0.25) is 14.3 Å². The predicted molar refractivity (Wildman–Crippen MR) is 117 cm³/mol. The molecule has 7 heteroatoms. The van der Waals surface area contributed by atoms with Gasteiger partial charge in [-0.25, -0.2) is 0 Å². The lowest BCUT2D eigenvalue weighted by Crippen LogP contribution is -2.36. The Kier molecular flexibility index (Phi) is 5.30. The van der Waals surface area contributed by atoms with Crippen LogP contribution in [0.2, 0.25) is 0 Å². The maximum Gasteiger partial charge on any atom is 0.253 e. The van der Waals surface area contributed by atoms with Crippen LogP contribution in [0.3, 0.4) is 0 Å². The van der Waals surface area contributed by atoms with Gasteiger partial charge in [0.2, 0.25) is 5.91 Å². The maximum atomic E-state index is 13.3. The van der Waals surface area contributed by atoms with Crippen LogP contribution in [0.15, 0.2) is 36.7 Å². The third-order valence-electron chi connectivity index (χ3n) is 7.48. The smallest absolute Gasteiger partial charge is 0.253 e. The van der Waals surface area contributed by atoms with Crippen molar-refractivity contribution in [3.05, 3.63) is 47.8 Å². The van der Waals surface area contributed by atoms with Crippen molar-refractivity contribution in [1.82, 2.24) is 14.7 Å². The number of aromatic nitrogens is 2. The van der Waals surface area contributed by atoms with Gasteiger partial charge in [-0.1, -0.05) is 12.5 Å². The minimum absolute atomic E-state index is 0.00123. The fourth-order valence-electron chi connectivity index (χ4n) is 5.31. The summed E-state index contributed by atoms with van der Waals surface area (Å²) < 4.78 is 1.85. The second-order valence-electron chi connectivity index (χ2n) is 9.47. The standard InChI is InChI=1S/C24H30N4O3/c1-15-6-7-17(10-20(15)26-23(30)16-4-2-5-16)24(31)27-13-18-11-21(28-9-3-8-25-28)22(29)12-19(18)14-27/h3,6-10,16,18-19,21-22,29H,2,4-5,11-14H2,1H3,(H,26,30)/t18-,19+,21-,22-/m1/s1. The molecule has 0 spiro atoms.